The van der Waals surface area contributed by atoms with E-state index in [9.17, 15) is 18.8 Å². The van der Waals surface area contributed by atoms with E-state index in [1.54, 1.807) is 0 Å². The summed E-state index contributed by atoms with van der Waals surface area (Å²) in [4.78, 5) is 40.2. The number of hydrazone groups is 1. The molecule has 11 heteroatoms. The summed E-state index contributed by atoms with van der Waals surface area (Å²) in [6.45, 7) is 4.84. The molecule has 9 N–H and O–H groups in total. The van der Waals surface area contributed by atoms with Gasteiger partial charge < -0.3 is 33.3 Å². The normalized spacial score (nSPS) is 21.6. The molecule has 0 heterocycles. The van der Waals surface area contributed by atoms with Gasteiger partial charge in [0.05, 0.1) is 5.56 Å². The molecule has 5 rings (SSSR count). The van der Waals surface area contributed by atoms with E-state index >= 15 is 0 Å². The first kappa shape index (κ1) is 36.5. The molecule has 3 aromatic rings. The molecule has 266 valence electrons. The van der Waals surface area contributed by atoms with Crippen LogP contribution in [-0.2, 0) is 16.0 Å². The highest BCUT2D eigenvalue weighted by molar-refractivity contribution is 6.00. The number of nitrogens with one attached hydrogen (secondary N) is 3. The van der Waals surface area contributed by atoms with E-state index in [-0.39, 0.29) is 47.3 Å². The fraction of sp³-hybridized carbons (Fsp3) is 0.436. The Morgan fingerprint density at radius 3 is 2.34 bits per heavy atom. The van der Waals surface area contributed by atoms with E-state index in [1.807, 2.05) is 49.4 Å². The van der Waals surface area contributed by atoms with Crippen LogP contribution in [0.15, 0.2) is 65.8 Å². The Morgan fingerprint density at radius 2 is 1.68 bits per heavy atom. The number of rotatable bonds is 11. The lowest BCUT2D eigenvalue weighted by atomic mass is 9.81. The van der Waals surface area contributed by atoms with Crippen LogP contribution in [0.25, 0.3) is 11.1 Å². The first-order chi connectivity index (χ1) is 24.0. The van der Waals surface area contributed by atoms with Crippen LogP contribution in [0.1, 0.15) is 85.3 Å². The first-order valence-corrected chi connectivity index (χ1v) is 17.7. The van der Waals surface area contributed by atoms with Gasteiger partial charge in [-0.3, -0.25) is 14.4 Å². The molecule has 0 aliphatic heterocycles. The van der Waals surface area contributed by atoms with Gasteiger partial charge in [0.1, 0.15) is 11.9 Å². The highest BCUT2D eigenvalue weighted by atomic mass is 19.1. The molecule has 3 amide bonds. The molecule has 0 aromatic heterocycles. The predicted molar refractivity (Wildman–Crippen MR) is 196 cm³/mol. The van der Waals surface area contributed by atoms with E-state index in [2.05, 4.69) is 28.0 Å². The summed E-state index contributed by atoms with van der Waals surface area (Å²) in [5.74, 6) is 4.52. The molecular formula is C39H50FN7O3. The number of anilines is 1. The van der Waals surface area contributed by atoms with Crippen LogP contribution >= 0.6 is 0 Å². The Labute approximate surface area is 293 Å². The molecule has 50 heavy (non-hydrogen) atoms. The van der Waals surface area contributed by atoms with Crippen molar-refractivity contribution in [3.8, 4) is 11.1 Å². The monoisotopic (exact) mass is 683 g/mol. The largest absolute Gasteiger partial charge is 0.382 e. The standard InChI is InChI=1S/C39H50FN7O3/c1-23-6-13-30(14-7-23)44-38(49)29-12-16-32(24(2)18-29)28-5-3-4-26(19-28)20-35(46-37(48)27-10-8-25(22-41)9-11-27)39(50)45-31-15-17-33(34(40)21-31)36(42)47-43/h3-5,12,15-19,21,23,25,27,30,35H,6-11,13-14,20,22,41,43H2,1-2H3,(H2,42,47)(H,44,49)(H,45,50)(H,46,48)/t23?,25?,27?,30?,35-/m0/s1. The third-order valence-corrected chi connectivity index (χ3v) is 10.4. The van der Waals surface area contributed by atoms with Gasteiger partial charge in [0.25, 0.3) is 5.91 Å². The highest BCUT2D eigenvalue weighted by Gasteiger charge is 2.30. The van der Waals surface area contributed by atoms with Crippen LogP contribution in [0.3, 0.4) is 0 Å². The highest BCUT2D eigenvalue weighted by Crippen LogP contribution is 2.30. The zero-order chi connectivity index (χ0) is 35.8. The van der Waals surface area contributed by atoms with Gasteiger partial charge in [-0.05, 0) is 129 Å². The lowest BCUT2D eigenvalue weighted by Gasteiger charge is -2.28. The fourth-order valence-corrected chi connectivity index (χ4v) is 7.16. The number of halogens is 1. The second kappa shape index (κ2) is 16.8. The second-order valence-corrected chi connectivity index (χ2v) is 14.1. The van der Waals surface area contributed by atoms with Crippen molar-refractivity contribution in [3.05, 3.63) is 88.7 Å². The molecule has 2 saturated carbocycles. The predicted octanol–water partition coefficient (Wildman–Crippen LogP) is 5.12. The minimum Gasteiger partial charge on any atom is -0.382 e. The molecule has 0 bridgehead atoms. The maximum atomic E-state index is 14.8. The fourth-order valence-electron chi connectivity index (χ4n) is 7.16. The van der Waals surface area contributed by atoms with Crippen molar-refractivity contribution < 1.29 is 18.8 Å². The van der Waals surface area contributed by atoms with Crippen LogP contribution in [0, 0.1) is 30.5 Å². The quantitative estimate of drug-likeness (QED) is 0.0707. The number of amides is 3. The SMILES string of the molecule is Cc1cc(C(=O)NC2CCC(C)CC2)ccc1-c1cccc(C[C@H](NC(=O)C2CCC(CN)CC2)C(=O)Nc2ccc(/C(N)=N/N)c(F)c2)c1. The molecule has 0 spiro atoms. The minimum absolute atomic E-state index is 0.0167. The summed E-state index contributed by atoms with van der Waals surface area (Å²) >= 11 is 0. The van der Waals surface area contributed by atoms with E-state index in [4.69, 9.17) is 17.3 Å². The topological polar surface area (TPSA) is 178 Å². The van der Waals surface area contributed by atoms with Crippen molar-refractivity contribution in [1.82, 2.24) is 10.6 Å². The van der Waals surface area contributed by atoms with Gasteiger partial charge >= 0.3 is 0 Å². The minimum atomic E-state index is -0.932. The molecule has 2 aliphatic rings. The van der Waals surface area contributed by atoms with E-state index in [1.165, 1.54) is 12.1 Å². The maximum absolute atomic E-state index is 14.8. The van der Waals surface area contributed by atoms with Gasteiger partial charge in [-0.2, -0.15) is 5.10 Å². The van der Waals surface area contributed by atoms with Crippen LogP contribution in [0.5, 0.6) is 0 Å². The average molecular weight is 684 g/mol. The number of amidine groups is 1. The summed E-state index contributed by atoms with van der Waals surface area (Å²) in [5.41, 5.74) is 16.0. The molecule has 0 unspecified atom stereocenters. The lowest BCUT2D eigenvalue weighted by molar-refractivity contribution is -0.130. The van der Waals surface area contributed by atoms with Gasteiger partial charge in [0.15, 0.2) is 5.84 Å². The third kappa shape index (κ3) is 9.26. The number of benzene rings is 3. The van der Waals surface area contributed by atoms with Crippen LogP contribution < -0.4 is 33.3 Å². The lowest BCUT2D eigenvalue weighted by Crippen LogP contribution is -2.48. The molecular weight excluding hydrogens is 633 g/mol. The Kier molecular flexibility index (Phi) is 12.2. The zero-order valence-electron chi connectivity index (χ0n) is 29.0. The van der Waals surface area contributed by atoms with Crippen LogP contribution in [0.2, 0.25) is 0 Å². The number of aryl methyl sites for hydroxylation is 1. The summed E-state index contributed by atoms with van der Waals surface area (Å²) in [6, 6.07) is 16.8. The van der Waals surface area contributed by atoms with Gasteiger partial charge in [0, 0.05) is 29.6 Å². The van der Waals surface area contributed by atoms with Gasteiger partial charge in [0.2, 0.25) is 11.8 Å². The molecule has 2 fully saturated rings. The molecule has 3 aromatic carbocycles. The van der Waals surface area contributed by atoms with Crippen molar-refractivity contribution in [3.63, 3.8) is 0 Å². The maximum Gasteiger partial charge on any atom is 0.251 e. The van der Waals surface area contributed by atoms with Crippen molar-refractivity contribution in [2.24, 2.45) is 40.2 Å². The number of carbonyl (C=O) groups excluding carboxylic acids is 3. The summed E-state index contributed by atoms with van der Waals surface area (Å²) < 4.78 is 14.8. The molecule has 2 aliphatic carbocycles. The Hall–Kier alpha value is -4.77. The smallest absolute Gasteiger partial charge is 0.251 e. The molecule has 0 radical (unpaired) electrons. The summed E-state index contributed by atoms with van der Waals surface area (Å²) in [5, 5.41) is 12.3. The van der Waals surface area contributed by atoms with Crippen LogP contribution in [-0.4, -0.2) is 42.2 Å². The van der Waals surface area contributed by atoms with Crippen molar-refractivity contribution >= 4 is 29.2 Å². The second-order valence-electron chi connectivity index (χ2n) is 14.1. The number of hydrogen-bond donors (Lipinski definition) is 6. The first-order valence-electron chi connectivity index (χ1n) is 17.7. The van der Waals surface area contributed by atoms with Gasteiger partial charge in [-0.15, -0.1) is 0 Å². The number of nitrogens with zero attached hydrogens (tertiary/aromatic N) is 1. The summed E-state index contributed by atoms with van der Waals surface area (Å²) in [6.07, 6.45) is 7.64. The Morgan fingerprint density at radius 1 is 0.940 bits per heavy atom. The Bertz CT molecular complexity index is 1710. The van der Waals surface area contributed by atoms with Crippen LogP contribution in [0.4, 0.5) is 10.1 Å². The van der Waals surface area contributed by atoms with Crippen molar-refractivity contribution in [2.75, 3.05) is 11.9 Å². The van der Waals surface area contributed by atoms with Crippen molar-refractivity contribution in [1.29, 1.82) is 0 Å². The van der Waals surface area contributed by atoms with E-state index in [0.717, 1.165) is 66.8 Å². The number of nitrogens with two attached hydrogens (primary N) is 3. The summed E-state index contributed by atoms with van der Waals surface area (Å²) in [7, 11) is 0. The third-order valence-electron chi connectivity index (χ3n) is 10.4. The molecule has 1 atom stereocenters. The van der Waals surface area contributed by atoms with E-state index in [0.29, 0.717) is 36.8 Å². The van der Waals surface area contributed by atoms with E-state index < -0.39 is 17.8 Å². The molecule has 10 nitrogen and oxygen atoms in total. The average Bonchev–Trinajstić information content (AvgIpc) is 3.12. The van der Waals surface area contributed by atoms with Gasteiger partial charge in [-0.1, -0.05) is 37.3 Å². The Balaban J connectivity index is 1.33. The molecule has 0 saturated heterocycles. The van der Waals surface area contributed by atoms with Crippen molar-refractivity contribution in [2.45, 2.75) is 83.7 Å². The number of carbonyl (C=O) groups is 3. The van der Waals surface area contributed by atoms with Gasteiger partial charge in [-0.25, -0.2) is 4.39 Å². The zero-order valence-corrected chi connectivity index (χ0v) is 29.0. The number of hydrogen-bond acceptors (Lipinski definition) is 6.